The summed E-state index contributed by atoms with van der Waals surface area (Å²) in [5.74, 6) is 0.976. The van der Waals surface area contributed by atoms with Gasteiger partial charge in [-0.25, -0.2) is 0 Å². The summed E-state index contributed by atoms with van der Waals surface area (Å²) < 4.78 is 10.5. The monoisotopic (exact) mass is 328 g/mol. The van der Waals surface area contributed by atoms with Crippen LogP contribution in [0.5, 0.6) is 11.5 Å². The van der Waals surface area contributed by atoms with Crippen LogP contribution < -0.4 is 14.8 Å². The summed E-state index contributed by atoms with van der Waals surface area (Å²) in [6, 6.07) is 15.4. The van der Waals surface area contributed by atoms with Crippen LogP contribution in [-0.2, 0) is 0 Å². The molecule has 5 heteroatoms. The van der Waals surface area contributed by atoms with Crippen molar-refractivity contribution < 1.29 is 14.3 Å². The molecule has 0 aliphatic heterocycles. The van der Waals surface area contributed by atoms with E-state index < -0.39 is 0 Å². The molecular weight excluding hydrogens is 304 g/mol. The van der Waals surface area contributed by atoms with E-state index in [9.17, 15) is 4.79 Å². The largest absolute Gasteiger partial charge is 0.497 e. The van der Waals surface area contributed by atoms with Gasteiger partial charge in [-0.2, -0.15) is 0 Å². The lowest BCUT2D eigenvalue weighted by molar-refractivity contribution is 0.0939. The van der Waals surface area contributed by atoms with Crippen molar-refractivity contribution in [2.24, 2.45) is 0 Å². The Morgan fingerprint density at radius 2 is 1.79 bits per heavy atom. The van der Waals surface area contributed by atoms with Crippen molar-refractivity contribution in [1.29, 1.82) is 0 Å². The molecule has 1 atom stereocenters. The van der Waals surface area contributed by atoms with Crippen LogP contribution in [0.15, 0.2) is 48.5 Å². The molecule has 0 saturated heterocycles. The zero-order valence-electron chi connectivity index (χ0n) is 14.6. The molecular formula is C19H24N2O3. The second-order valence-corrected chi connectivity index (χ2v) is 5.67. The van der Waals surface area contributed by atoms with E-state index in [1.165, 1.54) is 7.11 Å². The first kappa shape index (κ1) is 17.8. The Bertz CT molecular complexity index is 672. The fourth-order valence-electron chi connectivity index (χ4n) is 2.54. The molecule has 0 aliphatic rings. The molecule has 1 unspecified atom stereocenters. The summed E-state index contributed by atoms with van der Waals surface area (Å²) in [6.07, 6.45) is 0. The first-order valence-electron chi connectivity index (χ1n) is 7.78. The Morgan fingerprint density at radius 1 is 1.08 bits per heavy atom. The number of carbonyl (C=O) groups is 1. The molecule has 5 nitrogen and oxygen atoms in total. The molecule has 2 aromatic carbocycles. The molecule has 0 bridgehead atoms. The molecule has 2 aromatic rings. The summed E-state index contributed by atoms with van der Waals surface area (Å²) in [6.45, 7) is 0.505. The van der Waals surface area contributed by atoms with Crippen molar-refractivity contribution in [2.45, 2.75) is 6.04 Å². The predicted octanol–water partition coefficient (Wildman–Crippen LogP) is 2.74. The van der Waals surface area contributed by atoms with Crippen LogP contribution in [0.1, 0.15) is 22.0 Å². The van der Waals surface area contributed by atoms with Crippen molar-refractivity contribution >= 4 is 5.91 Å². The fraction of sp³-hybridized carbons (Fsp3) is 0.316. The zero-order valence-corrected chi connectivity index (χ0v) is 14.6. The minimum Gasteiger partial charge on any atom is -0.497 e. The van der Waals surface area contributed by atoms with E-state index in [4.69, 9.17) is 9.47 Å². The van der Waals surface area contributed by atoms with Gasteiger partial charge in [0.15, 0.2) is 0 Å². The highest BCUT2D eigenvalue weighted by Gasteiger charge is 2.18. The fourth-order valence-corrected chi connectivity index (χ4v) is 2.54. The maximum absolute atomic E-state index is 12.5. The molecule has 0 saturated carbocycles. The van der Waals surface area contributed by atoms with E-state index in [-0.39, 0.29) is 11.9 Å². The van der Waals surface area contributed by atoms with Gasteiger partial charge in [-0.05, 0) is 31.8 Å². The van der Waals surface area contributed by atoms with Crippen LogP contribution in [-0.4, -0.2) is 45.7 Å². The molecule has 0 aliphatic carbocycles. The molecule has 0 fully saturated rings. The smallest absolute Gasteiger partial charge is 0.255 e. The zero-order chi connectivity index (χ0) is 17.5. The Kier molecular flexibility index (Phi) is 6.21. The molecule has 128 valence electrons. The number of likely N-dealkylation sites (N-methyl/N-ethyl adjacent to an activating group) is 1. The Hall–Kier alpha value is -2.53. The first-order chi connectivity index (χ1) is 11.6. The van der Waals surface area contributed by atoms with Gasteiger partial charge >= 0.3 is 0 Å². The molecule has 0 heterocycles. The number of rotatable bonds is 7. The normalized spacial score (nSPS) is 11.9. The average molecular weight is 328 g/mol. The van der Waals surface area contributed by atoms with Crippen LogP contribution in [0, 0.1) is 0 Å². The summed E-state index contributed by atoms with van der Waals surface area (Å²) in [5, 5.41) is 2.99. The standard InChI is InChI=1S/C19H24N2O3/c1-21(2)17(14-8-6-5-7-9-14)13-20-19(22)16-11-10-15(23-3)12-18(16)24-4/h5-12,17H,13H2,1-4H3,(H,20,22). The van der Waals surface area contributed by atoms with Gasteiger partial charge in [-0.1, -0.05) is 30.3 Å². The second-order valence-electron chi connectivity index (χ2n) is 5.67. The molecule has 0 spiro atoms. The lowest BCUT2D eigenvalue weighted by atomic mass is 10.1. The van der Waals surface area contributed by atoms with Crippen LogP contribution in [0.4, 0.5) is 0 Å². The number of benzene rings is 2. The van der Waals surface area contributed by atoms with Gasteiger partial charge in [-0.3, -0.25) is 4.79 Å². The number of hydrogen-bond donors (Lipinski definition) is 1. The van der Waals surface area contributed by atoms with Crippen molar-refractivity contribution in [3.05, 3.63) is 59.7 Å². The van der Waals surface area contributed by atoms with E-state index in [1.54, 1.807) is 25.3 Å². The maximum atomic E-state index is 12.5. The van der Waals surface area contributed by atoms with Crippen molar-refractivity contribution in [3.63, 3.8) is 0 Å². The van der Waals surface area contributed by atoms with Gasteiger partial charge in [0.1, 0.15) is 11.5 Å². The minimum absolute atomic E-state index is 0.0967. The predicted molar refractivity (Wildman–Crippen MR) is 94.7 cm³/mol. The summed E-state index contributed by atoms with van der Waals surface area (Å²) in [4.78, 5) is 14.6. The number of nitrogens with zero attached hydrogens (tertiary/aromatic N) is 1. The molecule has 1 amide bonds. The third kappa shape index (κ3) is 4.26. The van der Waals surface area contributed by atoms with E-state index >= 15 is 0 Å². The topological polar surface area (TPSA) is 50.8 Å². The molecule has 24 heavy (non-hydrogen) atoms. The molecule has 0 radical (unpaired) electrons. The van der Waals surface area contributed by atoms with Gasteiger partial charge in [0, 0.05) is 12.6 Å². The SMILES string of the molecule is COc1ccc(C(=O)NCC(c2ccccc2)N(C)C)c(OC)c1. The third-order valence-electron chi connectivity index (χ3n) is 3.92. The van der Waals surface area contributed by atoms with E-state index in [0.29, 0.717) is 23.6 Å². The number of amides is 1. The van der Waals surface area contributed by atoms with Gasteiger partial charge < -0.3 is 19.7 Å². The van der Waals surface area contributed by atoms with E-state index in [0.717, 1.165) is 5.56 Å². The lowest BCUT2D eigenvalue weighted by Crippen LogP contribution is -2.34. The lowest BCUT2D eigenvalue weighted by Gasteiger charge is -2.25. The van der Waals surface area contributed by atoms with Crippen LogP contribution in [0.2, 0.25) is 0 Å². The average Bonchev–Trinajstić information content (AvgIpc) is 2.61. The van der Waals surface area contributed by atoms with Gasteiger partial charge in [0.25, 0.3) is 5.91 Å². The quantitative estimate of drug-likeness (QED) is 0.849. The highest BCUT2D eigenvalue weighted by molar-refractivity contribution is 5.97. The van der Waals surface area contributed by atoms with Gasteiger partial charge in [0.05, 0.1) is 25.8 Å². The number of hydrogen-bond acceptors (Lipinski definition) is 4. The minimum atomic E-state index is -0.169. The molecule has 1 N–H and O–H groups in total. The highest BCUT2D eigenvalue weighted by Crippen LogP contribution is 2.25. The summed E-state index contributed by atoms with van der Waals surface area (Å²) in [5.41, 5.74) is 1.65. The van der Waals surface area contributed by atoms with Crippen LogP contribution in [0.3, 0.4) is 0 Å². The van der Waals surface area contributed by atoms with Crippen molar-refractivity contribution in [3.8, 4) is 11.5 Å². The van der Waals surface area contributed by atoms with Gasteiger partial charge in [-0.15, -0.1) is 0 Å². The van der Waals surface area contributed by atoms with Crippen molar-refractivity contribution in [1.82, 2.24) is 10.2 Å². The number of methoxy groups -OCH3 is 2. The van der Waals surface area contributed by atoms with Gasteiger partial charge in [0.2, 0.25) is 0 Å². The van der Waals surface area contributed by atoms with Crippen LogP contribution in [0.25, 0.3) is 0 Å². The Balaban J connectivity index is 2.11. The van der Waals surface area contributed by atoms with E-state index in [1.807, 2.05) is 32.3 Å². The molecule has 2 rings (SSSR count). The Morgan fingerprint density at radius 3 is 2.38 bits per heavy atom. The number of nitrogens with one attached hydrogen (secondary N) is 1. The third-order valence-corrected chi connectivity index (χ3v) is 3.92. The summed E-state index contributed by atoms with van der Waals surface area (Å²) >= 11 is 0. The maximum Gasteiger partial charge on any atom is 0.255 e. The van der Waals surface area contributed by atoms with Crippen molar-refractivity contribution in [2.75, 3.05) is 34.9 Å². The number of carbonyl (C=O) groups excluding carboxylic acids is 1. The molecule has 0 aromatic heterocycles. The first-order valence-corrected chi connectivity index (χ1v) is 7.78. The Labute approximate surface area is 143 Å². The second kappa shape index (κ2) is 8.36. The van der Waals surface area contributed by atoms with E-state index in [2.05, 4.69) is 22.3 Å². The highest BCUT2D eigenvalue weighted by atomic mass is 16.5. The summed E-state index contributed by atoms with van der Waals surface area (Å²) in [7, 11) is 7.11. The number of ether oxygens (including phenoxy) is 2. The van der Waals surface area contributed by atoms with Crippen LogP contribution >= 0.6 is 0 Å².